The first-order valence-electron chi connectivity index (χ1n) is 7.28. The van der Waals surface area contributed by atoms with E-state index in [1.54, 1.807) is 6.20 Å². The quantitative estimate of drug-likeness (QED) is 0.675. The summed E-state index contributed by atoms with van der Waals surface area (Å²) in [6.07, 6.45) is -0.625. The van der Waals surface area contributed by atoms with Gasteiger partial charge in [-0.2, -0.15) is 13.2 Å². The van der Waals surface area contributed by atoms with Crippen LogP contribution in [0.25, 0.3) is 22.4 Å². The third kappa shape index (κ3) is 3.13. The van der Waals surface area contributed by atoms with E-state index < -0.39 is 12.0 Å². The van der Waals surface area contributed by atoms with Gasteiger partial charge in [0.2, 0.25) is 5.82 Å². The van der Waals surface area contributed by atoms with E-state index in [2.05, 4.69) is 15.0 Å². The van der Waals surface area contributed by atoms with Crippen molar-refractivity contribution in [3.8, 4) is 22.4 Å². The molecule has 0 aliphatic heterocycles. The van der Waals surface area contributed by atoms with Crippen LogP contribution in [0.2, 0.25) is 0 Å². The normalized spacial score (nSPS) is 11.5. The molecule has 0 atom stereocenters. The van der Waals surface area contributed by atoms with Gasteiger partial charge in [-0.15, -0.1) is 0 Å². The number of alkyl halides is 3. The molecule has 0 aliphatic carbocycles. The summed E-state index contributed by atoms with van der Waals surface area (Å²) < 4.78 is 37.7. The number of rotatable bonds is 2. The van der Waals surface area contributed by atoms with E-state index in [1.807, 2.05) is 44.2 Å². The van der Waals surface area contributed by atoms with Gasteiger partial charge in [-0.05, 0) is 48.2 Å². The van der Waals surface area contributed by atoms with E-state index >= 15 is 0 Å². The Balaban J connectivity index is 2.02. The summed E-state index contributed by atoms with van der Waals surface area (Å²) in [4.78, 5) is 11.0. The van der Waals surface area contributed by atoms with Crippen LogP contribution in [0, 0.1) is 13.8 Å². The molecule has 0 unspecified atom stereocenters. The number of benzene rings is 1. The molecule has 6 heteroatoms. The molecule has 0 saturated heterocycles. The van der Waals surface area contributed by atoms with Crippen LogP contribution in [0.15, 0.2) is 48.9 Å². The van der Waals surface area contributed by atoms with Crippen LogP contribution in [-0.4, -0.2) is 15.0 Å². The van der Waals surface area contributed by atoms with Crippen LogP contribution >= 0.6 is 0 Å². The molecule has 24 heavy (non-hydrogen) atoms. The second kappa shape index (κ2) is 6.03. The Bertz CT molecular complexity index is 851. The molecule has 0 N–H and O–H groups in total. The molecule has 2 heterocycles. The zero-order valence-corrected chi connectivity index (χ0v) is 13.1. The molecule has 0 fully saturated rings. The number of aryl methyl sites for hydroxylation is 2. The second-order valence-corrected chi connectivity index (χ2v) is 5.49. The highest BCUT2D eigenvalue weighted by Gasteiger charge is 2.34. The topological polar surface area (TPSA) is 38.7 Å². The highest BCUT2D eigenvalue weighted by atomic mass is 19.4. The van der Waals surface area contributed by atoms with E-state index in [4.69, 9.17) is 0 Å². The van der Waals surface area contributed by atoms with Gasteiger partial charge in [-0.25, -0.2) is 9.97 Å². The zero-order chi connectivity index (χ0) is 17.3. The predicted octanol–water partition coefficient (Wildman–Crippen LogP) is 4.84. The molecule has 122 valence electrons. The molecule has 0 aliphatic rings. The minimum Gasteiger partial charge on any atom is -0.256 e. The summed E-state index contributed by atoms with van der Waals surface area (Å²) >= 11 is 0. The predicted molar refractivity (Wildman–Crippen MR) is 85.2 cm³/mol. The molecular formula is C18H14F3N3. The Hall–Kier alpha value is -2.76. The summed E-state index contributed by atoms with van der Waals surface area (Å²) in [7, 11) is 0. The summed E-state index contributed by atoms with van der Waals surface area (Å²) in [6.45, 7) is 4.04. The summed E-state index contributed by atoms with van der Waals surface area (Å²) in [5.41, 5.74) is 5.26. The number of pyridine rings is 1. The number of hydrogen-bond donors (Lipinski definition) is 0. The number of nitrogens with zero attached hydrogens (tertiary/aromatic N) is 3. The Morgan fingerprint density at radius 1 is 0.833 bits per heavy atom. The maximum atomic E-state index is 12.6. The van der Waals surface area contributed by atoms with Crippen molar-refractivity contribution in [2.75, 3.05) is 0 Å². The van der Waals surface area contributed by atoms with Crippen molar-refractivity contribution in [3.05, 3.63) is 65.9 Å². The van der Waals surface area contributed by atoms with Crippen molar-refractivity contribution in [2.45, 2.75) is 20.0 Å². The van der Waals surface area contributed by atoms with E-state index in [-0.39, 0.29) is 0 Å². The second-order valence-electron chi connectivity index (χ2n) is 5.49. The van der Waals surface area contributed by atoms with Gasteiger partial charge in [-0.1, -0.05) is 18.2 Å². The molecule has 2 aromatic heterocycles. The average molecular weight is 329 g/mol. The van der Waals surface area contributed by atoms with Gasteiger partial charge in [-0.3, -0.25) is 4.98 Å². The lowest BCUT2D eigenvalue weighted by molar-refractivity contribution is -0.144. The van der Waals surface area contributed by atoms with Crippen LogP contribution in [0.4, 0.5) is 13.2 Å². The van der Waals surface area contributed by atoms with Gasteiger partial charge in [0.1, 0.15) is 0 Å². The van der Waals surface area contributed by atoms with Gasteiger partial charge in [0.05, 0.1) is 5.69 Å². The number of hydrogen-bond acceptors (Lipinski definition) is 3. The van der Waals surface area contributed by atoms with Crippen LogP contribution in [0.1, 0.15) is 17.0 Å². The zero-order valence-electron chi connectivity index (χ0n) is 13.1. The van der Waals surface area contributed by atoms with Crippen LogP contribution in [-0.2, 0) is 6.18 Å². The van der Waals surface area contributed by atoms with Crippen molar-refractivity contribution in [1.82, 2.24) is 15.0 Å². The van der Waals surface area contributed by atoms with E-state index in [0.717, 1.165) is 34.6 Å². The van der Waals surface area contributed by atoms with Gasteiger partial charge in [0.15, 0.2) is 0 Å². The Kier molecular flexibility index (Phi) is 4.05. The van der Waals surface area contributed by atoms with Crippen molar-refractivity contribution >= 4 is 0 Å². The first-order chi connectivity index (χ1) is 11.4. The largest absolute Gasteiger partial charge is 0.451 e. The monoisotopic (exact) mass is 329 g/mol. The van der Waals surface area contributed by atoms with Crippen LogP contribution in [0.3, 0.4) is 0 Å². The Morgan fingerprint density at radius 2 is 1.46 bits per heavy atom. The number of halogens is 3. The molecule has 0 radical (unpaired) electrons. The maximum absolute atomic E-state index is 12.6. The SMILES string of the molecule is Cc1cccc(C)c1-c1ccnc(-c2cnc(C(F)(F)F)nc2)c1. The first-order valence-corrected chi connectivity index (χ1v) is 7.28. The molecule has 0 saturated carbocycles. The molecule has 0 bridgehead atoms. The fourth-order valence-corrected chi connectivity index (χ4v) is 2.62. The first kappa shape index (κ1) is 16.1. The van der Waals surface area contributed by atoms with Crippen molar-refractivity contribution < 1.29 is 13.2 Å². The third-order valence-corrected chi connectivity index (χ3v) is 3.73. The third-order valence-electron chi connectivity index (χ3n) is 3.73. The Labute approximate surface area is 137 Å². The van der Waals surface area contributed by atoms with E-state index in [0.29, 0.717) is 11.3 Å². The molecular weight excluding hydrogens is 315 g/mol. The molecule has 0 amide bonds. The summed E-state index contributed by atoms with van der Waals surface area (Å²) in [6, 6.07) is 9.73. The molecule has 3 nitrogen and oxygen atoms in total. The van der Waals surface area contributed by atoms with Crippen molar-refractivity contribution in [3.63, 3.8) is 0 Å². The highest BCUT2D eigenvalue weighted by molar-refractivity contribution is 5.74. The minimum absolute atomic E-state index is 0.441. The summed E-state index contributed by atoms with van der Waals surface area (Å²) in [5.74, 6) is -1.16. The van der Waals surface area contributed by atoms with E-state index in [1.165, 1.54) is 0 Å². The van der Waals surface area contributed by atoms with Gasteiger partial charge in [0, 0.05) is 24.2 Å². The highest BCUT2D eigenvalue weighted by Crippen LogP contribution is 2.30. The van der Waals surface area contributed by atoms with Gasteiger partial charge < -0.3 is 0 Å². The smallest absolute Gasteiger partial charge is 0.256 e. The lowest BCUT2D eigenvalue weighted by Crippen LogP contribution is -2.10. The van der Waals surface area contributed by atoms with Crippen molar-refractivity contribution in [1.29, 1.82) is 0 Å². The standard InChI is InChI=1S/C18H14F3N3/c1-11-4-3-5-12(2)16(11)13-6-7-22-15(8-13)14-9-23-17(24-10-14)18(19,20)21/h3-10H,1-2H3. The van der Waals surface area contributed by atoms with E-state index in [9.17, 15) is 13.2 Å². The Morgan fingerprint density at radius 3 is 2.04 bits per heavy atom. The van der Waals surface area contributed by atoms with Crippen LogP contribution < -0.4 is 0 Å². The average Bonchev–Trinajstić information content (AvgIpc) is 2.54. The summed E-state index contributed by atoms with van der Waals surface area (Å²) in [5, 5.41) is 0. The molecule has 1 aromatic carbocycles. The lowest BCUT2D eigenvalue weighted by atomic mass is 9.95. The van der Waals surface area contributed by atoms with Gasteiger partial charge in [0.25, 0.3) is 0 Å². The van der Waals surface area contributed by atoms with Crippen molar-refractivity contribution in [2.24, 2.45) is 0 Å². The lowest BCUT2D eigenvalue weighted by Gasteiger charge is -2.11. The maximum Gasteiger partial charge on any atom is 0.451 e. The van der Waals surface area contributed by atoms with Gasteiger partial charge >= 0.3 is 6.18 Å². The molecule has 0 spiro atoms. The molecule has 3 aromatic rings. The minimum atomic E-state index is -4.55. The fraction of sp³-hybridized carbons (Fsp3) is 0.167. The fourth-order valence-electron chi connectivity index (χ4n) is 2.62. The number of aromatic nitrogens is 3. The molecule has 3 rings (SSSR count). The van der Waals surface area contributed by atoms with Crippen LogP contribution in [0.5, 0.6) is 0 Å².